The molecule has 4 atom stereocenters. The number of hydrogen-bond acceptors (Lipinski definition) is 1. The van der Waals surface area contributed by atoms with Crippen molar-refractivity contribution >= 4 is 0 Å². The summed E-state index contributed by atoms with van der Waals surface area (Å²) >= 11 is 0. The minimum Gasteiger partial charge on any atom is -0.302 e. The van der Waals surface area contributed by atoms with E-state index in [9.17, 15) is 0 Å². The van der Waals surface area contributed by atoms with E-state index in [1.54, 1.807) is 32.1 Å². The molecule has 1 aliphatic heterocycles. The van der Waals surface area contributed by atoms with Crippen LogP contribution in [0.2, 0.25) is 0 Å². The first kappa shape index (κ1) is 14.3. The van der Waals surface area contributed by atoms with Gasteiger partial charge in [0.2, 0.25) is 0 Å². The van der Waals surface area contributed by atoms with Crippen molar-refractivity contribution in [3.8, 4) is 0 Å². The molecule has 5 saturated carbocycles. The molecular weight excluding hydrogens is 266 g/mol. The number of likely N-dealkylation sites (tertiary alicyclic amines) is 1. The van der Waals surface area contributed by atoms with E-state index in [4.69, 9.17) is 0 Å². The molecule has 22 heavy (non-hydrogen) atoms. The summed E-state index contributed by atoms with van der Waals surface area (Å²) in [6.07, 6.45) is 12.5. The van der Waals surface area contributed by atoms with Gasteiger partial charge in [-0.2, -0.15) is 0 Å². The SMILES string of the molecule is CC1(C)C2CC[C@]1(C)CN(CCC13CC4CC(CC1C4)C3)C2. The molecule has 3 unspecified atom stereocenters. The van der Waals surface area contributed by atoms with Gasteiger partial charge in [-0.05, 0) is 97.8 Å². The standard InChI is InChI=1S/C21H35N/c1-19(2)17-4-5-20(19,3)14-22(13-17)7-6-21-11-15-8-16(12-21)10-18(21)9-15/h15-18H,4-14H2,1-3H3/t15?,16?,17?,18?,20-,21?/m1/s1. The van der Waals surface area contributed by atoms with E-state index in [-0.39, 0.29) is 0 Å². The molecule has 0 radical (unpaired) electrons. The van der Waals surface area contributed by atoms with Crippen LogP contribution in [-0.4, -0.2) is 24.5 Å². The minimum absolute atomic E-state index is 0.576. The third-order valence-corrected chi connectivity index (χ3v) is 9.76. The van der Waals surface area contributed by atoms with Gasteiger partial charge in [0, 0.05) is 13.1 Å². The van der Waals surface area contributed by atoms with Gasteiger partial charge < -0.3 is 4.90 Å². The highest BCUT2D eigenvalue weighted by Gasteiger charge is 2.58. The summed E-state index contributed by atoms with van der Waals surface area (Å²) in [4.78, 5) is 2.89. The van der Waals surface area contributed by atoms with Crippen LogP contribution >= 0.6 is 0 Å². The van der Waals surface area contributed by atoms with Crippen molar-refractivity contribution in [2.24, 2.45) is 39.9 Å². The molecule has 6 aliphatic rings. The Labute approximate surface area is 137 Å². The lowest BCUT2D eigenvalue weighted by atomic mass is 9.63. The van der Waals surface area contributed by atoms with E-state index < -0.39 is 0 Å². The van der Waals surface area contributed by atoms with Gasteiger partial charge in [0.25, 0.3) is 0 Å². The Morgan fingerprint density at radius 2 is 1.68 bits per heavy atom. The molecule has 1 heteroatoms. The molecule has 0 spiro atoms. The molecule has 5 aliphatic carbocycles. The molecule has 1 nitrogen and oxygen atoms in total. The second kappa shape index (κ2) is 4.32. The fourth-order valence-corrected chi connectivity index (χ4v) is 8.06. The van der Waals surface area contributed by atoms with Crippen molar-refractivity contribution in [2.75, 3.05) is 19.6 Å². The molecule has 6 bridgehead atoms. The van der Waals surface area contributed by atoms with E-state index in [1.165, 1.54) is 38.9 Å². The van der Waals surface area contributed by atoms with Gasteiger partial charge in [0.1, 0.15) is 0 Å². The van der Waals surface area contributed by atoms with Crippen LogP contribution in [0.3, 0.4) is 0 Å². The summed E-state index contributed by atoms with van der Waals surface area (Å²) in [7, 11) is 0. The van der Waals surface area contributed by atoms with Crippen molar-refractivity contribution in [3.63, 3.8) is 0 Å². The van der Waals surface area contributed by atoms with Crippen molar-refractivity contribution in [1.29, 1.82) is 0 Å². The Morgan fingerprint density at radius 3 is 2.36 bits per heavy atom. The average molecular weight is 302 g/mol. The highest BCUT2D eigenvalue weighted by Crippen LogP contribution is 2.67. The third-order valence-electron chi connectivity index (χ3n) is 9.76. The van der Waals surface area contributed by atoms with E-state index in [1.807, 2.05) is 0 Å². The van der Waals surface area contributed by atoms with Gasteiger partial charge in [-0.3, -0.25) is 0 Å². The van der Waals surface area contributed by atoms with Crippen LogP contribution in [0.5, 0.6) is 0 Å². The van der Waals surface area contributed by atoms with Gasteiger partial charge in [-0.25, -0.2) is 0 Å². The van der Waals surface area contributed by atoms with Gasteiger partial charge in [0.15, 0.2) is 0 Å². The van der Waals surface area contributed by atoms with Crippen LogP contribution in [-0.2, 0) is 0 Å². The monoisotopic (exact) mass is 301 g/mol. The van der Waals surface area contributed by atoms with Gasteiger partial charge in [-0.1, -0.05) is 20.8 Å². The number of hydrogen-bond donors (Lipinski definition) is 0. The van der Waals surface area contributed by atoms with E-state index in [2.05, 4.69) is 25.7 Å². The first-order chi connectivity index (χ1) is 10.4. The summed E-state index contributed by atoms with van der Waals surface area (Å²) < 4.78 is 0. The normalized spacial score (nSPS) is 55.2. The Bertz CT molecular complexity index is 466. The number of fused-ring (bicyclic) bond motifs is 2. The molecule has 124 valence electrons. The van der Waals surface area contributed by atoms with Crippen molar-refractivity contribution in [3.05, 3.63) is 0 Å². The predicted molar refractivity (Wildman–Crippen MR) is 91.7 cm³/mol. The zero-order chi connectivity index (χ0) is 15.2. The van der Waals surface area contributed by atoms with Crippen molar-refractivity contribution in [1.82, 2.24) is 4.90 Å². The van der Waals surface area contributed by atoms with Crippen molar-refractivity contribution in [2.45, 2.75) is 72.1 Å². The predicted octanol–water partition coefficient (Wildman–Crippen LogP) is 4.96. The lowest BCUT2D eigenvalue weighted by Gasteiger charge is -2.51. The van der Waals surface area contributed by atoms with Gasteiger partial charge in [-0.15, -0.1) is 0 Å². The summed E-state index contributed by atoms with van der Waals surface area (Å²) in [6.45, 7) is 11.9. The fraction of sp³-hybridized carbons (Fsp3) is 1.00. The van der Waals surface area contributed by atoms with Crippen LogP contribution in [0.1, 0.15) is 72.1 Å². The molecule has 0 aromatic rings. The molecule has 0 amide bonds. The Hall–Kier alpha value is -0.0400. The smallest absolute Gasteiger partial charge is 0.00407 e. The summed E-state index contributed by atoms with van der Waals surface area (Å²) in [6, 6.07) is 0. The van der Waals surface area contributed by atoms with Crippen molar-refractivity contribution < 1.29 is 0 Å². The lowest BCUT2D eigenvalue weighted by molar-refractivity contribution is -0.0235. The van der Waals surface area contributed by atoms with E-state index in [0.717, 1.165) is 29.1 Å². The minimum atomic E-state index is 0.576. The average Bonchev–Trinajstić information content (AvgIpc) is 2.84. The Balaban J connectivity index is 1.27. The number of piperidine rings is 1. The molecule has 1 saturated heterocycles. The molecule has 6 rings (SSSR count). The highest BCUT2D eigenvalue weighted by molar-refractivity contribution is 5.09. The quantitative estimate of drug-likeness (QED) is 0.712. The summed E-state index contributed by atoms with van der Waals surface area (Å²) in [5.41, 5.74) is 1.97. The summed E-state index contributed by atoms with van der Waals surface area (Å²) in [5.74, 6) is 4.35. The largest absolute Gasteiger partial charge is 0.302 e. The van der Waals surface area contributed by atoms with Gasteiger partial charge in [0.05, 0.1) is 0 Å². The Morgan fingerprint density at radius 1 is 0.955 bits per heavy atom. The third kappa shape index (κ3) is 1.75. The number of nitrogens with zero attached hydrogens (tertiary/aromatic N) is 1. The van der Waals surface area contributed by atoms with Crippen LogP contribution in [0.4, 0.5) is 0 Å². The zero-order valence-electron chi connectivity index (χ0n) is 15.0. The number of rotatable bonds is 3. The first-order valence-corrected chi connectivity index (χ1v) is 10.1. The second-order valence-electron chi connectivity index (χ2n) is 10.9. The van der Waals surface area contributed by atoms with Crippen LogP contribution < -0.4 is 0 Å². The van der Waals surface area contributed by atoms with E-state index in [0.29, 0.717) is 10.8 Å². The maximum Gasteiger partial charge on any atom is 0.00407 e. The maximum atomic E-state index is 2.89. The summed E-state index contributed by atoms with van der Waals surface area (Å²) in [5, 5.41) is 0. The van der Waals surface area contributed by atoms with Crippen LogP contribution in [0.25, 0.3) is 0 Å². The van der Waals surface area contributed by atoms with E-state index >= 15 is 0 Å². The molecule has 0 aromatic heterocycles. The zero-order valence-corrected chi connectivity index (χ0v) is 15.0. The fourth-order valence-electron chi connectivity index (χ4n) is 8.06. The molecule has 6 fully saturated rings. The highest BCUT2D eigenvalue weighted by atomic mass is 15.2. The molecule has 0 aromatic carbocycles. The molecule has 0 N–H and O–H groups in total. The van der Waals surface area contributed by atoms with Gasteiger partial charge >= 0.3 is 0 Å². The second-order valence-corrected chi connectivity index (χ2v) is 10.9. The van der Waals surface area contributed by atoms with Crippen LogP contribution in [0, 0.1) is 39.9 Å². The Kier molecular flexibility index (Phi) is 2.81. The maximum absolute atomic E-state index is 2.89. The topological polar surface area (TPSA) is 3.24 Å². The molecular formula is C21H35N. The first-order valence-electron chi connectivity index (χ1n) is 10.1. The molecule has 1 heterocycles. The van der Waals surface area contributed by atoms with Crippen LogP contribution in [0.15, 0.2) is 0 Å². The lowest BCUT2D eigenvalue weighted by Crippen LogP contribution is -2.52.